The third-order valence-electron chi connectivity index (χ3n) is 3.36. The highest BCUT2D eigenvalue weighted by atomic mass is 32.1. The molecule has 4 heteroatoms. The highest BCUT2D eigenvalue weighted by molar-refractivity contribution is 7.12. The Balaban J connectivity index is 2.26. The van der Waals surface area contributed by atoms with Crippen LogP contribution in [0.15, 0.2) is 6.07 Å². The van der Waals surface area contributed by atoms with Crippen LogP contribution in [0.3, 0.4) is 0 Å². The lowest BCUT2D eigenvalue weighted by molar-refractivity contribution is 0.0696. The fourth-order valence-electron chi connectivity index (χ4n) is 2.27. The zero-order valence-corrected chi connectivity index (χ0v) is 10.4. The van der Waals surface area contributed by atoms with Gasteiger partial charge in [0.25, 0.3) is 0 Å². The number of aromatic carboxylic acids is 1. The van der Waals surface area contributed by atoms with Crippen LogP contribution in [0.4, 0.5) is 0 Å². The van der Waals surface area contributed by atoms with Gasteiger partial charge in [-0.1, -0.05) is 6.92 Å². The molecule has 0 radical (unpaired) electrons. The predicted molar refractivity (Wildman–Crippen MR) is 65.4 cm³/mol. The van der Waals surface area contributed by atoms with Crippen LogP contribution in [0.25, 0.3) is 0 Å². The molecule has 2 unspecified atom stereocenters. The van der Waals surface area contributed by atoms with Crippen LogP contribution in [-0.2, 0) is 0 Å². The van der Waals surface area contributed by atoms with E-state index in [0.717, 1.165) is 18.0 Å². The van der Waals surface area contributed by atoms with Gasteiger partial charge in [0.05, 0.1) is 5.56 Å². The average Bonchev–Trinajstić information content (AvgIpc) is 2.61. The molecule has 2 heterocycles. The summed E-state index contributed by atoms with van der Waals surface area (Å²) in [4.78, 5) is 13.1. The normalized spacial score (nSPS) is 25.6. The molecule has 0 aliphatic carbocycles. The van der Waals surface area contributed by atoms with E-state index in [0.29, 0.717) is 17.4 Å². The summed E-state index contributed by atoms with van der Waals surface area (Å²) in [6.45, 7) is 6.19. The van der Waals surface area contributed by atoms with Crippen LogP contribution in [0.5, 0.6) is 0 Å². The first-order valence-electron chi connectivity index (χ1n) is 5.64. The fourth-order valence-corrected chi connectivity index (χ4v) is 3.52. The summed E-state index contributed by atoms with van der Waals surface area (Å²) in [6, 6.07) is 1.86. The van der Waals surface area contributed by atoms with E-state index in [1.807, 2.05) is 13.0 Å². The highest BCUT2D eigenvalue weighted by Gasteiger charge is 2.25. The van der Waals surface area contributed by atoms with Crippen molar-refractivity contribution in [2.45, 2.75) is 26.2 Å². The van der Waals surface area contributed by atoms with Gasteiger partial charge in [0.1, 0.15) is 0 Å². The van der Waals surface area contributed by atoms with E-state index < -0.39 is 5.97 Å². The summed E-state index contributed by atoms with van der Waals surface area (Å²) >= 11 is 1.63. The van der Waals surface area contributed by atoms with Crippen molar-refractivity contribution in [2.24, 2.45) is 5.92 Å². The highest BCUT2D eigenvalue weighted by Crippen LogP contribution is 2.35. The molecule has 88 valence electrons. The maximum Gasteiger partial charge on any atom is 0.336 e. The second-order valence-electron chi connectivity index (χ2n) is 4.50. The zero-order chi connectivity index (χ0) is 11.7. The first-order chi connectivity index (χ1) is 7.59. The van der Waals surface area contributed by atoms with Gasteiger partial charge in [0.15, 0.2) is 0 Å². The Labute approximate surface area is 99.5 Å². The van der Waals surface area contributed by atoms with E-state index in [-0.39, 0.29) is 0 Å². The molecule has 0 amide bonds. The molecular weight excluding hydrogens is 222 g/mol. The number of nitrogens with one attached hydrogen (secondary N) is 1. The van der Waals surface area contributed by atoms with Crippen LogP contribution in [0, 0.1) is 12.8 Å². The van der Waals surface area contributed by atoms with Crippen molar-refractivity contribution in [3.63, 3.8) is 0 Å². The quantitative estimate of drug-likeness (QED) is 0.833. The minimum Gasteiger partial charge on any atom is -0.478 e. The van der Waals surface area contributed by atoms with Gasteiger partial charge in [-0.05, 0) is 31.9 Å². The lowest BCUT2D eigenvalue weighted by Gasteiger charge is -2.28. The molecule has 3 nitrogen and oxygen atoms in total. The van der Waals surface area contributed by atoms with E-state index in [1.54, 1.807) is 11.3 Å². The van der Waals surface area contributed by atoms with Crippen molar-refractivity contribution in [1.29, 1.82) is 0 Å². The monoisotopic (exact) mass is 239 g/mol. The molecule has 2 N–H and O–H groups in total. The fraction of sp³-hybridized carbons (Fsp3) is 0.583. The van der Waals surface area contributed by atoms with Crippen molar-refractivity contribution in [3.05, 3.63) is 21.4 Å². The topological polar surface area (TPSA) is 49.3 Å². The molecule has 2 atom stereocenters. The zero-order valence-electron chi connectivity index (χ0n) is 9.62. The SMILES string of the molecule is Cc1sc(C2CNCCC2C)cc1C(=O)O. The molecule has 1 fully saturated rings. The first-order valence-corrected chi connectivity index (χ1v) is 6.45. The van der Waals surface area contributed by atoms with Gasteiger partial charge in [-0.3, -0.25) is 0 Å². The summed E-state index contributed by atoms with van der Waals surface area (Å²) < 4.78 is 0. The number of carbonyl (C=O) groups is 1. The second kappa shape index (κ2) is 4.55. The smallest absolute Gasteiger partial charge is 0.336 e. The number of carboxylic acid groups (broad SMARTS) is 1. The van der Waals surface area contributed by atoms with E-state index in [2.05, 4.69) is 12.2 Å². The molecule has 0 saturated carbocycles. The minimum absolute atomic E-state index is 0.470. The summed E-state index contributed by atoms with van der Waals surface area (Å²) in [7, 11) is 0. The average molecular weight is 239 g/mol. The van der Waals surface area contributed by atoms with E-state index in [1.165, 1.54) is 11.3 Å². The number of piperidine rings is 1. The third-order valence-corrected chi connectivity index (χ3v) is 4.54. The first kappa shape index (κ1) is 11.6. The molecule has 2 rings (SSSR count). The van der Waals surface area contributed by atoms with Crippen molar-refractivity contribution in [1.82, 2.24) is 5.32 Å². The Bertz CT molecular complexity index is 400. The lowest BCUT2D eigenvalue weighted by atomic mass is 9.87. The molecule has 1 aliphatic heterocycles. The number of carboxylic acids is 1. The Kier molecular flexibility index (Phi) is 3.30. The number of thiophene rings is 1. The van der Waals surface area contributed by atoms with Gasteiger partial charge in [-0.15, -0.1) is 11.3 Å². The van der Waals surface area contributed by atoms with Crippen LogP contribution < -0.4 is 5.32 Å². The van der Waals surface area contributed by atoms with Crippen LogP contribution in [0.2, 0.25) is 0 Å². The van der Waals surface area contributed by atoms with Gasteiger partial charge in [-0.2, -0.15) is 0 Å². The molecule has 0 aromatic carbocycles. The van der Waals surface area contributed by atoms with E-state index >= 15 is 0 Å². The Hall–Kier alpha value is -0.870. The maximum absolute atomic E-state index is 11.0. The van der Waals surface area contributed by atoms with Gasteiger partial charge >= 0.3 is 5.97 Å². The maximum atomic E-state index is 11.0. The standard InChI is InChI=1S/C12H17NO2S/c1-7-3-4-13-6-10(7)11-5-9(12(14)15)8(2)16-11/h5,7,10,13H,3-4,6H2,1-2H3,(H,14,15). The minimum atomic E-state index is -0.809. The van der Waals surface area contributed by atoms with Crippen molar-refractivity contribution in [3.8, 4) is 0 Å². The molecule has 0 bridgehead atoms. The van der Waals surface area contributed by atoms with E-state index in [4.69, 9.17) is 5.11 Å². The predicted octanol–water partition coefficient (Wildman–Crippen LogP) is 2.47. The largest absolute Gasteiger partial charge is 0.478 e. The van der Waals surface area contributed by atoms with Crippen molar-refractivity contribution in [2.75, 3.05) is 13.1 Å². The molecule has 1 aromatic rings. The number of rotatable bonds is 2. The van der Waals surface area contributed by atoms with Gasteiger partial charge in [0, 0.05) is 22.2 Å². The molecule has 1 saturated heterocycles. The molecule has 16 heavy (non-hydrogen) atoms. The molecule has 0 spiro atoms. The Morgan fingerprint density at radius 2 is 2.38 bits per heavy atom. The van der Waals surface area contributed by atoms with Crippen LogP contribution in [-0.4, -0.2) is 24.2 Å². The Morgan fingerprint density at radius 3 is 2.94 bits per heavy atom. The van der Waals surface area contributed by atoms with Crippen LogP contribution >= 0.6 is 11.3 Å². The lowest BCUT2D eigenvalue weighted by Crippen LogP contribution is -2.33. The number of hydrogen-bond donors (Lipinski definition) is 2. The van der Waals surface area contributed by atoms with Gasteiger partial charge in [0.2, 0.25) is 0 Å². The Morgan fingerprint density at radius 1 is 1.62 bits per heavy atom. The summed E-state index contributed by atoms with van der Waals surface area (Å²) in [5.74, 6) is 0.308. The number of aryl methyl sites for hydroxylation is 1. The summed E-state index contributed by atoms with van der Waals surface area (Å²) in [6.07, 6.45) is 1.17. The third kappa shape index (κ3) is 2.13. The molecule has 1 aromatic heterocycles. The van der Waals surface area contributed by atoms with Crippen LogP contribution in [0.1, 0.15) is 39.4 Å². The molecule has 1 aliphatic rings. The second-order valence-corrected chi connectivity index (χ2v) is 5.79. The molecular formula is C12H17NO2S. The van der Waals surface area contributed by atoms with Crippen molar-refractivity contribution >= 4 is 17.3 Å². The summed E-state index contributed by atoms with van der Waals surface area (Å²) in [5.41, 5.74) is 0.470. The van der Waals surface area contributed by atoms with Gasteiger partial charge < -0.3 is 10.4 Å². The van der Waals surface area contributed by atoms with E-state index in [9.17, 15) is 4.79 Å². The number of hydrogen-bond acceptors (Lipinski definition) is 3. The van der Waals surface area contributed by atoms with Crippen molar-refractivity contribution < 1.29 is 9.90 Å². The van der Waals surface area contributed by atoms with Gasteiger partial charge in [-0.25, -0.2) is 4.79 Å². The summed E-state index contributed by atoms with van der Waals surface area (Å²) in [5, 5.41) is 12.4.